The highest BCUT2D eigenvalue weighted by Gasteiger charge is 2.41. The number of aryl methyl sites for hydroxylation is 1. The van der Waals surface area contributed by atoms with Crippen LogP contribution in [0.2, 0.25) is 0 Å². The number of carbonyl (C=O) groups is 7. The van der Waals surface area contributed by atoms with Gasteiger partial charge in [0.2, 0.25) is 17.7 Å². The van der Waals surface area contributed by atoms with E-state index in [-0.39, 0.29) is 19.5 Å². The first-order chi connectivity index (χ1) is 28.9. The summed E-state index contributed by atoms with van der Waals surface area (Å²) >= 11 is 0. The maximum atomic E-state index is 14.0. The predicted molar refractivity (Wildman–Crippen MR) is 222 cm³/mol. The van der Waals surface area contributed by atoms with Gasteiger partial charge in [-0.15, -0.1) is 0 Å². The molecule has 5 atom stereocenters. The average molecular weight is 836 g/mol. The summed E-state index contributed by atoms with van der Waals surface area (Å²) in [6.07, 6.45) is 5.18. The molecule has 6 amide bonds. The van der Waals surface area contributed by atoms with Crippen LogP contribution in [0.3, 0.4) is 0 Å². The van der Waals surface area contributed by atoms with Crippen molar-refractivity contribution in [3.8, 4) is 11.1 Å². The first-order valence-electron chi connectivity index (χ1n) is 20.8. The summed E-state index contributed by atoms with van der Waals surface area (Å²) in [6, 6.07) is 11.6. The van der Waals surface area contributed by atoms with Crippen LogP contribution in [0.1, 0.15) is 87.1 Å². The number of rotatable bonds is 24. The molecular formula is C42H61N9O9. The molecule has 2 heterocycles. The SMILES string of the molecule is CCCCc1ccc(-c2ccc(C(=O)NC(CCCCN)C(=O)N3CCCC3C(=O)NC(N)C(=O)NC(CCCCN)C(=O)NC3CN(OCC(=O)OC)C3=O)cc2)cc1. The van der Waals surface area contributed by atoms with Crippen molar-refractivity contribution < 1.29 is 43.1 Å². The number of nitrogens with zero attached hydrogens (tertiary/aromatic N) is 2. The molecule has 2 aromatic rings. The van der Waals surface area contributed by atoms with Crippen LogP contribution in [0.15, 0.2) is 48.5 Å². The van der Waals surface area contributed by atoms with E-state index in [1.54, 1.807) is 12.1 Å². The van der Waals surface area contributed by atoms with E-state index in [2.05, 4.69) is 57.2 Å². The normalized spacial score (nSPS) is 17.5. The van der Waals surface area contributed by atoms with Gasteiger partial charge in [-0.25, -0.2) is 9.86 Å². The second kappa shape index (κ2) is 24.0. The first kappa shape index (κ1) is 47.3. The van der Waals surface area contributed by atoms with Crippen molar-refractivity contribution in [2.75, 3.05) is 39.9 Å². The zero-order chi connectivity index (χ0) is 43.6. The molecule has 0 aromatic heterocycles. The van der Waals surface area contributed by atoms with Gasteiger partial charge in [0.05, 0.1) is 13.7 Å². The monoisotopic (exact) mass is 835 g/mol. The Kier molecular flexibility index (Phi) is 18.9. The van der Waals surface area contributed by atoms with E-state index in [1.807, 2.05) is 12.1 Å². The van der Waals surface area contributed by atoms with Crippen molar-refractivity contribution in [1.82, 2.24) is 31.2 Å². The lowest BCUT2D eigenvalue weighted by Gasteiger charge is -2.37. The second-order valence-corrected chi connectivity index (χ2v) is 15.0. The number of unbranched alkanes of at least 4 members (excludes halogenated alkanes) is 3. The Labute approximate surface area is 350 Å². The molecule has 2 aliphatic rings. The molecular weight excluding hydrogens is 775 g/mol. The largest absolute Gasteiger partial charge is 0.467 e. The molecule has 2 aromatic carbocycles. The van der Waals surface area contributed by atoms with Crippen LogP contribution in [0.4, 0.5) is 0 Å². The highest BCUT2D eigenvalue weighted by Crippen LogP contribution is 2.23. The van der Waals surface area contributed by atoms with Crippen LogP contribution in [-0.2, 0) is 44.8 Å². The third-order valence-corrected chi connectivity index (χ3v) is 10.6. The number of hydrogen-bond donors (Lipinski definition) is 7. The highest BCUT2D eigenvalue weighted by molar-refractivity contribution is 5.99. The van der Waals surface area contributed by atoms with Crippen LogP contribution in [0.5, 0.6) is 0 Å². The van der Waals surface area contributed by atoms with Crippen LogP contribution in [0, 0.1) is 0 Å². The van der Waals surface area contributed by atoms with Crippen LogP contribution >= 0.6 is 0 Å². The van der Waals surface area contributed by atoms with Crippen molar-refractivity contribution in [3.63, 3.8) is 0 Å². The molecule has 0 bridgehead atoms. The molecule has 0 saturated carbocycles. The quantitative estimate of drug-likeness (QED) is 0.0327. The van der Waals surface area contributed by atoms with Gasteiger partial charge in [-0.1, -0.05) is 49.7 Å². The van der Waals surface area contributed by atoms with E-state index in [4.69, 9.17) is 22.0 Å². The van der Waals surface area contributed by atoms with Gasteiger partial charge in [0.15, 0.2) is 12.8 Å². The average Bonchev–Trinajstić information content (AvgIpc) is 3.76. The maximum absolute atomic E-state index is 14.0. The fourth-order valence-corrected chi connectivity index (χ4v) is 6.97. The third kappa shape index (κ3) is 13.6. The van der Waals surface area contributed by atoms with Gasteiger partial charge in [-0.2, -0.15) is 0 Å². The number of likely N-dealkylation sites (tertiary alicyclic amines) is 1. The van der Waals surface area contributed by atoms with Gasteiger partial charge in [-0.3, -0.25) is 33.6 Å². The lowest BCUT2D eigenvalue weighted by Crippen LogP contribution is -2.66. The molecule has 60 heavy (non-hydrogen) atoms. The van der Waals surface area contributed by atoms with Crippen LogP contribution in [-0.4, -0.2) is 122 Å². The Morgan fingerprint density at radius 2 is 1.45 bits per heavy atom. The van der Waals surface area contributed by atoms with E-state index < -0.39 is 78.4 Å². The Bertz CT molecular complexity index is 1780. The number of ether oxygens (including phenoxy) is 1. The summed E-state index contributed by atoms with van der Waals surface area (Å²) in [5.41, 5.74) is 21.1. The summed E-state index contributed by atoms with van der Waals surface area (Å²) in [7, 11) is 1.18. The van der Waals surface area contributed by atoms with E-state index in [0.717, 1.165) is 35.5 Å². The van der Waals surface area contributed by atoms with Crippen LogP contribution < -0.4 is 38.5 Å². The number of amides is 6. The van der Waals surface area contributed by atoms with Gasteiger partial charge >= 0.3 is 5.97 Å². The standard InChI is InChI=1S/C42H61N9O9/c1-3-4-10-27-14-16-28(17-15-27)29-18-20-30(21-19-29)37(53)47-32(12-6-8-23-44)41(57)50-24-9-13-34(50)39(55)49-36(45)40(56)46-31(11-5-7-22-43)38(54)48-33-25-51(42(33)58)60-26-35(52)59-2/h14-21,31-34,36H,3-13,22-26,43-45H2,1-2H3,(H,46,56)(H,47,53)(H,48,54)(H,49,55). The number of carbonyl (C=O) groups excluding carboxylic acids is 7. The van der Waals surface area contributed by atoms with Crippen molar-refractivity contribution >= 4 is 41.4 Å². The lowest BCUT2D eigenvalue weighted by atomic mass is 10.0. The highest BCUT2D eigenvalue weighted by atomic mass is 16.7. The zero-order valence-corrected chi connectivity index (χ0v) is 34.6. The minimum absolute atomic E-state index is 0.0312. The van der Waals surface area contributed by atoms with Crippen molar-refractivity contribution in [2.24, 2.45) is 17.2 Å². The number of hydrogen-bond acceptors (Lipinski definition) is 12. The number of methoxy groups -OCH3 is 1. The fourth-order valence-electron chi connectivity index (χ4n) is 6.97. The van der Waals surface area contributed by atoms with E-state index in [9.17, 15) is 33.6 Å². The third-order valence-electron chi connectivity index (χ3n) is 10.6. The summed E-state index contributed by atoms with van der Waals surface area (Å²) in [6.45, 7) is 2.66. The summed E-state index contributed by atoms with van der Waals surface area (Å²) in [5, 5.41) is 11.4. The molecule has 328 valence electrons. The molecule has 2 aliphatic heterocycles. The molecule has 0 radical (unpaired) electrons. The molecule has 18 nitrogen and oxygen atoms in total. The Morgan fingerprint density at radius 1 is 0.817 bits per heavy atom. The molecule has 4 rings (SSSR count). The molecule has 2 saturated heterocycles. The molecule has 0 aliphatic carbocycles. The number of benzene rings is 2. The summed E-state index contributed by atoms with van der Waals surface area (Å²) in [5.74, 6) is -4.34. The lowest BCUT2D eigenvalue weighted by molar-refractivity contribution is -0.217. The predicted octanol–water partition coefficient (Wildman–Crippen LogP) is 0.361. The van der Waals surface area contributed by atoms with Crippen LogP contribution in [0.25, 0.3) is 11.1 Å². The van der Waals surface area contributed by atoms with Crippen molar-refractivity contribution in [2.45, 2.75) is 108 Å². The minimum atomic E-state index is -1.59. The smallest absolute Gasteiger partial charge is 0.334 e. The van der Waals surface area contributed by atoms with Crippen molar-refractivity contribution in [3.05, 3.63) is 59.7 Å². The first-order valence-corrected chi connectivity index (χ1v) is 20.8. The van der Waals surface area contributed by atoms with Crippen molar-refractivity contribution in [1.29, 1.82) is 0 Å². The van der Waals surface area contributed by atoms with Gasteiger partial charge in [0.1, 0.15) is 24.2 Å². The van der Waals surface area contributed by atoms with Gasteiger partial charge in [-0.05, 0) is 106 Å². The number of β-lactam (4-membered cyclic amide) rings is 1. The molecule has 10 N–H and O–H groups in total. The molecule has 2 fully saturated rings. The summed E-state index contributed by atoms with van der Waals surface area (Å²) < 4.78 is 4.48. The summed E-state index contributed by atoms with van der Waals surface area (Å²) in [4.78, 5) is 97.8. The molecule has 18 heteroatoms. The topological polar surface area (TPSA) is 271 Å². The van der Waals surface area contributed by atoms with E-state index >= 15 is 0 Å². The zero-order valence-electron chi connectivity index (χ0n) is 34.6. The van der Waals surface area contributed by atoms with Gasteiger partial charge < -0.3 is 48.1 Å². The Balaban J connectivity index is 1.35. The minimum Gasteiger partial charge on any atom is -0.467 e. The van der Waals surface area contributed by atoms with E-state index in [1.165, 1.54) is 17.6 Å². The second-order valence-electron chi connectivity index (χ2n) is 15.0. The Hall–Kier alpha value is -5.43. The van der Waals surface area contributed by atoms with Gasteiger partial charge in [0, 0.05) is 12.1 Å². The maximum Gasteiger partial charge on any atom is 0.334 e. The molecule has 5 unspecified atom stereocenters. The number of hydroxylamine groups is 2. The Morgan fingerprint density at radius 3 is 2.05 bits per heavy atom. The fraction of sp³-hybridized carbons (Fsp3) is 0.548. The molecule has 0 spiro atoms. The number of nitrogens with two attached hydrogens (primary N) is 3. The number of nitrogens with one attached hydrogen (secondary N) is 4. The number of esters is 1. The van der Waals surface area contributed by atoms with E-state index in [0.29, 0.717) is 63.6 Å². The van der Waals surface area contributed by atoms with Gasteiger partial charge in [0.25, 0.3) is 17.7 Å².